The molecule has 0 fully saturated rings. The minimum Gasteiger partial charge on any atom is -0.353 e. The number of hydrogen-bond acceptors (Lipinski definition) is 1. The van der Waals surface area contributed by atoms with Crippen molar-refractivity contribution in [2.45, 2.75) is 0 Å². The summed E-state index contributed by atoms with van der Waals surface area (Å²) in [7, 11) is 0. The van der Waals surface area contributed by atoms with Crippen molar-refractivity contribution in [3.63, 3.8) is 0 Å². The molecule has 4 aromatic rings. The standard InChI is InChI=1S/C17H12N2/c1-3-7-14-12(5-1)9-10-18-17(14)16-11-13-6-2-4-8-15(13)19-16/h1-11,19H. The van der Waals surface area contributed by atoms with Crippen molar-refractivity contribution in [1.29, 1.82) is 0 Å². The highest BCUT2D eigenvalue weighted by molar-refractivity contribution is 5.96. The number of nitrogens with zero attached hydrogens (tertiary/aromatic N) is 1. The average Bonchev–Trinajstić information content (AvgIpc) is 2.90. The lowest BCUT2D eigenvalue weighted by atomic mass is 10.1. The quantitative estimate of drug-likeness (QED) is 0.528. The number of hydrogen-bond donors (Lipinski definition) is 1. The molecule has 2 aromatic carbocycles. The third kappa shape index (κ3) is 1.61. The van der Waals surface area contributed by atoms with Crippen LogP contribution in [0, 0.1) is 0 Å². The summed E-state index contributed by atoms with van der Waals surface area (Å²) in [6.07, 6.45) is 1.86. The lowest BCUT2D eigenvalue weighted by Gasteiger charge is -2.02. The van der Waals surface area contributed by atoms with Crippen molar-refractivity contribution in [1.82, 2.24) is 9.97 Å². The first-order valence-electron chi connectivity index (χ1n) is 6.34. The molecule has 0 saturated carbocycles. The summed E-state index contributed by atoms with van der Waals surface area (Å²) in [4.78, 5) is 7.98. The number of nitrogens with one attached hydrogen (secondary N) is 1. The molecule has 0 aliphatic carbocycles. The first kappa shape index (κ1) is 10.3. The van der Waals surface area contributed by atoms with E-state index in [2.05, 4.69) is 58.5 Å². The third-order valence-electron chi connectivity index (χ3n) is 3.46. The number of benzene rings is 2. The predicted octanol–water partition coefficient (Wildman–Crippen LogP) is 4.38. The van der Waals surface area contributed by atoms with Crippen LogP contribution in [0.1, 0.15) is 0 Å². The Bertz CT molecular complexity index is 836. The van der Waals surface area contributed by atoms with E-state index in [1.807, 2.05) is 18.3 Å². The van der Waals surface area contributed by atoms with Crippen LogP contribution < -0.4 is 0 Å². The van der Waals surface area contributed by atoms with Gasteiger partial charge in [0.25, 0.3) is 0 Å². The molecule has 0 atom stereocenters. The topological polar surface area (TPSA) is 28.7 Å². The molecule has 0 unspecified atom stereocenters. The van der Waals surface area contributed by atoms with Gasteiger partial charge in [0.2, 0.25) is 0 Å². The van der Waals surface area contributed by atoms with E-state index < -0.39 is 0 Å². The van der Waals surface area contributed by atoms with Crippen LogP contribution in [0.2, 0.25) is 0 Å². The van der Waals surface area contributed by atoms with Gasteiger partial charge in [-0.15, -0.1) is 0 Å². The molecule has 0 bridgehead atoms. The SMILES string of the molecule is c1ccc2[nH]c(-c3nccc4ccccc34)cc2c1. The van der Waals surface area contributed by atoms with Gasteiger partial charge in [0.15, 0.2) is 0 Å². The number of rotatable bonds is 1. The normalized spacial score (nSPS) is 11.2. The Labute approximate surface area is 110 Å². The highest BCUT2D eigenvalue weighted by Crippen LogP contribution is 2.28. The van der Waals surface area contributed by atoms with Crippen LogP contribution in [0.3, 0.4) is 0 Å². The molecule has 90 valence electrons. The van der Waals surface area contributed by atoms with Gasteiger partial charge in [-0.1, -0.05) is 42.5 Å². The van der Waals surface area contributed by atoms with Gasteiger partial charge in [-0.3, -0.25) is 4.98 Å². The minimum atomic E-state index is 1.01. The first-order valence-corrected chi connectivity index (χ1v) is 6.34. The molecule has 2 nitrogen and oxygen atoms in total. The second kappa shape index (κ2) is 3.95. The van der Waals surface area contributed by atoms with Gasteiger partial charge in [0, 0.05) is 22.5 Å². The summed E-state index contributed by atoms with van der Waals surface area (Å²) in [5.74, 6) is 0. The number of aromatic amines is 1. The molecule has 0 radical (unpaired) electrons. The molecular formula is C17H12N2. The average molecular weight is 244 g/mol. The van der Waals surface area contributed by atoms with E-state index in [1.165, 1.54) is 16.2 Å². The first-order chi connectivity index (χ1) is 9.42. The number of pyridine rings is 1. The summed E-state index contributed by atoms with van der Waals surface area (Å²) in [6, 6.07) is 20.8. The van der Waals surface area contributed by atoms with Crippen molar-refractivity contribution in [2.24, 2.45) is 0 Å². The van der Waals surface area contributed by atoms with E-state index in [1.54, 1.807) is 0 Å². The predicted molar refractivity (Wildman–Crippen MR) is 79.0 cm³/mol. The molecule has 0 spiro atoms. The highest BCUT2D eigenvalue weighted by atomic mass is 14.8. The molecule has 0 aliphatic rings. The molecule has 4 rings (SSSR count). The Balaban J connectivity index is 2.03. The van der Waals surface area contributed by atoms with E-state index in [-0.39, 0.29) is 0 Å². The monoisotopic (exact) mass is 244 g/mol. The summed E-state index contributed by atoms with van der Waals surface area (Å²) in [5, 5.41) is 3.61. The van der Waals surface area contributed by atoms with Gasteiger partial charge in [-0.25, -0.2) is 0 Å². The van der Waals surface area contributed by atoms with Crippen molar-refractivity contribution in [3.8, 4) is 11.4 Å². The Kier molecular flexibility index (Phi) is 2.15. The van der Waals surface area contributed by atoms with Crippen molar-refractivity contribution in [3.05, 3.63) is 66.9 Å². The number of H-pyrrole nitrogens is 1. The van der Waals surface area contributed by atoms with Crippen LogP contribution in [-0.2, 0) is 0 Å². The zero-order valence-electron chi connectivity index (χ0n) is 10.3. The van der Waals surface area contributed by atoms with Gasteiger partial charge in [-0.2, -0.15) is 0 Å². The molecular weight excluding hydrogens is 232 g/mol. The molecule has 0 saturated heterocycles. The van der Waals surface area contributed by atoms with Crippen LogP contribution >= 0.6 is 0 Å². The van der Waals surface area contributed by atoms with Crippen molar-refractivity contribution < 1.29 is 0 Å². The number of fused-ring (bicyclic) bond motifs is 2. The zero-order chi connectivity index (χ0) is 12.7. The van der Waals surface area contributed by atoms with Gasteiger partial charge in [0.1, 0.15) is 0 Å². The Morgan fingerprint density at radius 1 is 0.789 bits per heavy atom. The number of para-hydroxylation sites is 1. The second-order valence-electron chi connectivity index (χ2n) is 4.65. The van der Waals surface area contributed by atoms with Crippen molar-refractivity contribution in [2.75, 3.05) is 0 Å². The maximum atomic E-state index is 4.54. The van der Waals surface area contributed by atoms with Crippen LogP contribution in [0.4, 0.5) is 0 Å². The third-order valence-corrected chi connectivity index (χ3v) is 3.46. The van der Waals surface area contributed by atoms with E-state index in [0.717, 1.165) is 16.9 Å². The second-order valence-corrected chi connectivity index (χ2v) is 4.65. The van der Waals surface area contributed by atoms with Crippen LogP contribution in [-0.4, -0.2) is 9.97 Å². The van der Waals surface area contributed by atoms with Gasteiger partial charge in [0.05, 0.1) is 11.4 Å². The van der Waals surface area contributed by atoms with E-state index in [4.69, 9.17) is 0 Å². The fraction of sp³-hybridized carbons (Fsp3) is 0. The summed E-state index contributed by atoms with van der Waals surface area (Å²) < 4.78 is 0. The maximum absolute atomic E-state index is 4.54. The fourth-order valence-corrected chi connectivity index (χ4v) is 2.54. The highest BCUT2D eigenvalue weighted by Gasteiger charge is 2.07. The lowest BCUT2D eigenvalue weighted by molar-refractivity contribution is 1.32. The molecule has 2 aromatic heterocycles. The van der Waals surface area contributed by atoms with E-state index in [9.17, 15) is 0 Å². The Morgan fingerprint density at radius 3 is 2.47 bits per heavy atom. The van der Waals surface area contributed by atoms with E-state index in [0.29, 0.717) is 0 Å². The van der Waals surface area contributed by atoms with Crippen LogP contribution in [0.5, 0.6) is 0 Å². The van der Waals surface area contributed by atoms with Crippen LogP contribution in [0.25, 0.3) is 33.1 Å². The summed E-state index contributed by atoms with van der Waals surface area (Å²) in [5.41, 5.74) is 3.22. The largest absolute Gasteiger partial charge is 0.353 e. The Morgan fingerprint density at radius 2 is 1.58 bits per heavy atom. The van der Waals surface area contributed by atoms with Crippen LogP contribution in [0.15, 0.2) is 66.9 Å². The van der Waals surface area contributed by atoms with E-state index >= 15 is 0 Å². The van der Waals surface area contributed by atoms with Crippen molar-refractivity contribution >= 4 is 21.7 Å². The molecule has 1 N–H and O–H groups in total. The van der Waals surface area contributed by atoms with Gasteiger partial charge < -0.3 is 4.98 Å². The summed E-state index contributed by atoms with van der Waals surface area (Å²) in [6.45, 7) is 0. The van der Waals surface area contributed by atoms with Gasteiger partial charge in [-0.05, 0) is 23.6 Å². The molecule has 0 amide bonds. The lowest BCUT2D eigenvalue weighted by Crippen LogP contribution is -1.85. The molecule has 2 heterocycles. The Hall–Kier alpha value is -2.61. The maximum Gasteiger partial charge on any atom is 0.0942 e. The molecule has 2 heteroatoms. The smallest absolute Gasteiger partial charge is 0.0942 e. The zero-order valence-corrected chi connectivity index (χ0v) is 10.3. The molecule has 19 heavy (non-hydrogen) atoms. The number of aromatic nitrogens is 2. The molecule has 0 aliphatic heterocycles. The summed E-state index contributed by atoms with van der Waals surface area (Å²) >= 11 is 0. The fourth-order valence-electron chi connectivity index (χ4n) is 2.54. The minimum absolute atomic E-state index is 1.01. The van der Waals surface area contributed by atoms with Gasteiger partial charge >= 0.3 is 0 Å².